The highest BCUT2D eigenvalue weighted by atomic mass is 35.5. The summed E-state index contributed by atoms with van der Waals surface area (Å²) in [7, 11) is 0. The lowest BCUT2D eigenvalue weighted by Gasteiger charge is -2.37. The van der Waals surface area contributed by atoms with Crippen molar-refractivity contribution in [2.24, 2.45) is 0 Å². The Morgan fingerprint density at radius 2 is 1.59 bits per heavy atom. The average molecular weight is 373 g/mol. The first-order chi connectivity index (χ1) is 13.1. The monoisotopic (exact) mass is 372 g/mol. The standard InChI is InChI=1S/C22H17ClN4/c1-22(16-11-13-17(23)14-12-16)25-19-10-6-5-9-18(19)21-24-20(26-27(21)22)15-7-3-2-4-8-15/h2-14,25H,1H3. The number of anilines is 1. The predicted octanol–water partition coefficient (Wildman–Crippen LogP) is 5.41. The molecule has 4 nitrogen and oxygen atoms in total. The molecule has 1 aromatic heterocycles. The van der Waals surface area contributed by atoms with E-state index in [1.54, 1.807) is 0 Å². The van der Waals surface area contributed by atoms with Gasteiger partial charge in [-0.2, -0.15) is 0 Å². The first-order valence-electron chi connectivity index (χ1n) is 8.82. The van der Waals surface area contributed by atoms with Crippen LogP contribution in [0.2, 0.25) is 5.02 Å². The molecule has 132 valence electrons. The van der Waals surface area contributed by atoms with Crippen molar-refractivity contribution in [3.63, 3.8) is 0 Å². The molecule has 0 spiro atoms. The Hall–Kier alpha value is -3.11. The average Bonchev–Trinajstić information content (AvgIpc) is 3.16. The summed E-state index contributed by atoms with van der Waals surface area (Å²) in [4.78, 5) is 4.89. The molecular formula is C22H17ClN4. The van der Waals surface area contributed by atoms with Crippen molar-refractivity contribution in [1.82, 2.24) is 14.8 Å². The first kappa shape index (κ1) is 16.1. The number of nitrogens with zero attached hydrogens (tertiary/aromatic N) is 3. The highest BCUT2D eigenvalue weighted by Crippen LogP contribution is 2.41. The molecule has 3 aromatic carbocycles. The number of para-hydroxylation sites is 1. The molecule has 0 aliphatic carbocycles. The fraction of sp³-hybridized carbons (Fsp3) is 0.0909. The maximum atomic E-state index is 6.11. The van der Waals surface area contributed by atoms with E-state index >= 15 is 0 Å². The molecule has 1 unspecified atom stereocenters. The van der Waals surface area contributed by atoms with Gasteiger partial charge in [0.15, 0.2) is 17.3 Å². The van der Waals surface area contributed by atoms with E-state index in [-0.39, 0.29) is 0 Å². The Kier molecular flexibility index (Phi) is 3.55. The molecule has 27 heavy (non-hydrogen) atoms. The van der Waals surface area contributed by atoms with Crippen LogP contribution in [-0.4, -0.2) is 14.8 Å². The van der Waals surface area contributed by atoms with Gasteiger partial charge in [0.2, 0.25) is 0 Å². The summed E-state index contributed by atoms with van der Waals surface area (Å²) in [5.41, 5.74) is 3.56. The third-order valence-corrected chi connectivity index (χ3v) is 5.27. The summed E-state index contributed by atoms with van der Waals surface area (Å²) in [5.74, 6) is 1.56. The summed E-state index contributed by atoms with van der Waals surface area (Å²) in [6.45, 7) is 2.11. The third kappa shape index (κ3) is 2.53. The molecule has 1 aliphatic heterocycles. The molecule has 0 saturated carbocycles. The zero-order valence-corrected chi connectivity index (χ0v) is 15.5. The summed E-state index contributed by atoms with van der Waals surface area (Å²) in [6.07, 6.45) is 0. The van der Waals surface area contributed by atoms with E-state index in [4.69, 9.17) is 21.7 Å². The second-order valence-electron chi connectivity index (χ2n) is 6.79. The number of fused-ring (bicyclic) bond motifs is 3. The molecule has 1 atom stereocenters. The Labute approximate surface area is 162 Å². The van der Waals surface area contributed by atoms with E-state index < -0.39 is 5.66 Å². The molecule has 0 fully saturated rings. The number of halogens is 1. The maximum Gasteiger partial charge on any atom is 0.181 e. The van der Waals surface area contributed by atoms with E-state index in [1.807, 2.05) is 71.4 Å². The van der Waals surface area contributed by atoms with Gasteiger partial charge in [-0.3, -0.25) is 0 Å². The van der Waals surface area contributed by atoms with E-state index in [1.165, 1.54) is 0 Å². The number of benzene rings is 3. The highest BCUT2D eigenvalue weighted by molar-refractivity contribution is 6.30. The minimum atomic E-state index is -0.575. The fourth-order valence-corrected chi connectivity index (χ4v) is 3.70. The van der Waals surface area contributed by atoms with Crippen molar-refractivity contribution in [2.45, 2.75) is 12.6 Å². The zero-order valence-electron chi connectivity index (χ0n) is 14.7. The SMILES string of the molecule is CC1(c2ccc(Cl)cc2)Nc2ccccc2-c2nc(-c3ccccc3)nn21. The minimum absolute atomic E-state index is 0.575. The molecule has 1 aliphatic rings. The largest absolute Gasteiger partial charge is 0.357 e. The molecule has 5 rings (SSSR count). The molecule has 0 amide bonds. The van der Waals surface area contributed by atoms with Gasteiger partial charge < -0.3 is 5.32 Å². The van der Waals surface area contributed by atoms with Crippen molar-refractivity contribution in [3.8, 4) is 22.8 Å². The van der Waals surface area contributed by atoms with Crippen molar-refractivity contribution < 1.29 is 0 Å². The Morgan fingerprint density at radius 3 is 2.37 bits per heavy atom. The van der Waals surface area contributed by atoms with Gasteiger partial charge in [-0.1, -0.05) is 66.2 Å². The Bertz CT molecular complexity index is 1120. The lowest BCUT2D eigenvalue weighted by atomic mass is 9.97. The molecular weight excluding hydrogens is 356 g/mol. The van der Waals surface area contributed by atoms with Crippen LogP contribution in [0.1, 0.15) is 12.5 Å². The van der Waals surface area contributed by atoms with Crippen LogP contribution in [0.25, 0.3) is 22.8 Å². The van der Waals surface area contributed by atoms with Gasteiger partial charge in [-0.25, -0.2) is 9.67 Å². The fourth-order valence-electron chi connectivity index (χ4n) is 3.58. The van der Waals surface area contributed by atoms with E-state index in [0.717, 1.165) is 28.2 Å². The van der Waals surface area contributed by atoms with Crippen LogP contribution in [0.4, 0.5) is 5.69 Å². The van der Waals surface area contributed by atoms with Gasteiger partial charge >= 0.3 is 0 Å². The predicted molar refractivity (Wildman–Crippen MR) is 109 cm³/mol. The lowest BCUT2D eigenvalue weighted by molar-refractivity contribution is 0.404. The summed E-state index contributed by atoms with van der Waals surface area (Å²) in [6, 6.07) is 26.1. The van der Waals surface area contributed by atoms with Crippen molar-refractivity contribution >= 4 is 17.3 Å². The summed E-state index contributed by atoms with van der Waals surface area (Å²) < 4.78 is 1.97. The van der Waals surface area contributed by atoms with Crippen molar-refractivity contribution in [1.29, 1.82) is 0 Å². The van der Waals surface area contributed by atoms with Gasteiger partial charge in [0.05, 0.1) is 0 Å². The first-order valence-corrected chi connectivity index (χ1v) is 9.19. The smallest absolute Gasteiger partial charge is 0.181 e. The van der Waals surface area contributed by atoms with Gasteiger partial charge in [0.1, 0.15) is 0 Å². The number of nitrogens with one attached hydrogen (secondary N) is 1. The van der Waals surface area contributed by atoms with Crippen LogP contribution in [0.5, 0.6) is 0 Å². The molecule has 0 saturated heterocycles. The van der Waals surface area contributed by atoms with Crippen LogP contribution in [0.3, 0.4) is 0 Å². The molecule has 5 heteroatoms. The molecule has 0 radical (unpaired) electrons. The lowest BCUT2D eigenvalue weighted by Crippen LogP contribution is -2.43. The second-order valence-corrected chi connectivity index (χ2v) is 7.22. The van der Waals surface area contributed by atoms with Gasteiger partial charge in [-0.15, -0.1) is 5.10 Å². The number of rotatable bonds is 2. The maximum absolute atomic E-state index is 6.11. The van der Waals surface area contributed by atoms with Gasteiger partial charge in [0, 0.05) is 21.8 Å². The Balaban J connectivity index is 1.75. The molecule has 2 heterocycles. The molecule has 4 aromatic rings. The zero-order chi connectivity index (χ0) is 18.4. The number of hydrogen-bond donors (Lipinski definition) is 1. The van der Waals surface area contributed by atoms with Crippen LogP contribution >= 0.6 is 11.6 Å². The number of hydrogen-bond acceptors (Lipinski definition) is 3. The minimum Gasteiger partial charge on any atom is -0.357 e. The molecule has 0 bridgehead atoms. The second kappa shape index (κ2) is 5.96. The van der Waals surface area contributed by atoms with Crippen LogP contribution in [-0.2, 0) is 5.66 Å². The van der Waals surface area contributed by atoms with Crippen LogP contribution in [0.15, 0.2) is 78.9 Å². The van der Waals surface area contributed by atoms with E-state index in [0.29, 0.717) is 10.8 Å². The van der Waals surface area contributed by atoms with E-state index in [2.05, 4.69) is 24.4 Å². The summed E-state index contributed by atoms with van der Waals surface area (Å²) in [5, 5.41) is 9.24. The van der Waals surface area contributed by atoms with Crippen LogP contribution in [0, 0.1) is 0 Å². The summed E-state index contributed by atoms with van der Waals surface area (Å²) >= 11 is 6.11. The van der Waals surface area contributed by atoms with E-state index in [9.17, 15) is 0 Å². The third-order valence-electron chi connectivity index (χ3n) is 5.02. The topological polar surface area (TPSA) is 42.7 Å². The van der Waals surface area contributed by atoms with Crippen molar-refractivity contribution in [3.05, 3.63) is 89.4 Å². The normalized spacial score (nSPS) is 17.7. The Morgan fingerprint density at radius 1 is 0.889 bits per heavy atom. The molecule has 1 N–H and O–H groups in total. The van der Waals surface area contributed by atoms with Crippen LogP contribution < -0.4 is 5.32 Å². The highest BCUT2D eigenvalue weighted by Gasteiger charge is 2.38. The van der Waals surface area contributed by atoms with Gasteiger partial charge in [0.25, 0.3) is 0 Å². The van der Waals surface area contributed by atoms with Gasteiger partial charge in [-0.05, 0) is 36.8 Å². The quantitative estimate of drug-likeness (QED) is 0.511. The van der Waals surface area contributed by atoms with Crippen molar-refractivity contribution in [2.75, 3.05) is 5.32 Å². The number of aromatic nitrogens is 3.